The van der Waals surface area contributed by atoms with Crippen LogP contribution in [0.3, 0.4) is 0 Å². The number of hydrogen-bond acceptors (Lipinski definition) is 5. The van der Waals surface area contributed by atoms with Crippen molar-refractivity contribution in [3.63, 3.8) is 0 Å². The van der Waals surface area contributed by atoms with Crippen molar-refractivity contribution in [1.82, 2.24) is 9.55 Å². The van der Waals surface area contributed by atoms with Gasteiger partial charge in [-0.2, -0.15) is 0 Å². The predicted octanol–water partition coefficient (Wildman–Crippen LogP) is -1.55. The molecular formula is C10H15N3O4. The van der Waals surface area contributed by atoms with Crippen LogP contribution in [0.25, 0.3) is 0 Å². The van der Waals surface area contributed by atoms with E-state index in [-0.39, 0.29) is 13.0 Å². The molecule has 0 amide bonds. The van der Waals surface area contributed by atoms with Gasteiger partial charge >= 0.3 is 5.69 Å². The number of nitrogens with one attached hydrogen (secondary N) is 1. The summed E-state index contributed by atoms with van der Waals surface area (Å²) in [7, 11) is 0. The first-order valence-electron chi connectivity index (χ1n) is 5.38. The van der Waals surface area contributed by atoms with Crippen molar-refractivity contribution >= 4 is 0 Å². The maximum atomic E-state index is 11.6. The average molecular weight is 241 g/mol. The Bertz CT molecular complexity index is 521. The highest BCUT2D eigenvalue weighted by Crippen LogP contribution is 2.26. The van der Waals surface area contributed by atoms with Crippen LogP contribution in [0.2, 0.25) is 0 Å². The molecular weight excluding hydrogens is 226 g/mol. The maximum absolute atomic E-state index is 11.6. The highest BCUT2D eigenvalue weighted by Gasteiger charge is 2.34. The number of aromatic nitrogens is 2. The quantitative estimate of drug-likeness (QED) is 0.580. The van der Waals surface area contributed by atoms with E-state index in [2.05, 4.69) is 4.98 Å². The molecule has 2 rings (SSSR count). The Morgan fingerprint density at radius 1 is 1.65 bits per heavy atom. The van der Waals surface area contributed by atoms with Gasteiger partial charge in [0.15, 0.2) is 0 Å². The smallest absolute Gasteiger partial charge is 0.330 e. The largest absolute Gasteiger partial charge is 0.390 e. The SMILES string of the molecule is Cc1cn([C@H]2CC(O)[C@@H](CN)O2)c(=O)[nH]c1=O. The molecule has 17 heavy (non-hydrogen) atoms. The van der Waals surface area contributed by atoms with E-state index in [1.807, 2.05) is 0 Å². The Kier molecular flexibility index (Phi) is 3.14. The fourth-order valence-electron chi connectivity index (χ4n) is 1.90. The summed E-state index contributed by atoms with van der Waals surface area (Å²) in [6, 6.07) is 0. The van der Waals surface area contributed by atoms with Gasteiger partial charge in [0, 0.05) is 24.7 Å². The highest BCUT2D eigenvalue weighted by molar-refractivity contribution is 5.02. The molecule has 0 aromatic carbocycles. The van der Waals surface area contributed by atoms with Crippen LogP contribution < -0.4 is 17.0 Å². The predicted molar refractivity (Wildman–Crippen MR) is 59.6 cm³/mol. The lowest BCUT2D eigenvalue weighted by atomic mass is 10.2. The number of aliphatic hydroxyl groups excluding tert-OH is 1. The minimum absolute atomic E-state index is 0.189. The van der Waals surface area contributed by atoms with Crippen LogP contribution in [0.4, 0.5) is 0 Å². The molecule has 1 aliphatic rings. The molecule has 0 saturated carbocycles. The first kappa shape index (κ1) is 12.0. The summed E-state index contributed by atoms with van der Waals surface area (Å²) < 4.78 is 6.72. The molecule has 7 nitrogen and oxygen atoms in total. The van der Waals surface area contributed by atoms with Gasteiger partial charge in [-0.15, -0.1) is 0 Å². The minimum atomic E-state index is -0.691. The number of aryl methyl sites for hydroxylation is 1. The molecule has 1 fully saturated rings. The number of aromatic amines is 1. The van der Waals surface area contributed by atoms with Crippen molar-refractivity contribution in [1.29, 1.82) is 0 Å². The van der Waals surface area contributed by atoms with E-state index < -0.39 is 29.7 Å². The van der Waals surface area contributed by atoms with Gasteiger partial charge in [-0.3, -0.25) is 14.3 Å². The lowest BCUT2D eigenvalue weighted by Gasteiger charge is -2.14. The molecule has 7 heteroatoms. The van der Waals surface area contributed by atoms with E-state index in [0.29, 0.717) is 5.56 Å². The molecule has 1 aromatic heterocycles. The summed E-state index contributed by atoms with van der Waals surface area (Å²) in [5, 5.41) is 9.64. The zero-order chi connectivity index (χ0) is 12.6. The number of nitrogens with zero attached hydrogens (tertiary/aromatic N) is 1. The van der Waals surface area contributed by atoms with E-state index in [4.69, 9.17) is 10.5 Å². The van der Waals surface area contributed by atoms with Gasteiger partial charge < -0.3 is 15.6 Å². The van der Waals surface area contributed by atoms with Gasteiger partial charge in [-0.25, -0.2) is 4.79 Å². The molecule has 94 valence electrons. The standard InChI is InChI=1S/C10H15N3O4/c1-5-4-13(10(16)12-9(5)15)8-2-6(14)7(3-11)17-8/h4,6-8,14H,2-3,11H2,1H3,(H,12,15,16)/t6?,7-,8-/m1/s1. The number of nitrogens with two attached hydrogens (primary N) is 1. The zero-order valence-electron chi connectivity index (χ0n) is 9.42. The molecule has 2 heterocycles. The van der Waals surface area contributed by atoms with Gasteiger partial charge in [-0.1, -0.05) is 0 Å². The van der Waals surface area contributed by atoms with Crippen LogP contribution in [-0.4, -0.2) is 33.4 Å². The highest BCUT2D eigenvalue weighted by atomic mass is 16.5. The summed E-state index contributed by atoms with van der Waals surface area (Å²) in [4.78, 5) is 25.0. The van der Waals surface area contributed by atoms with Crippen LogP contribution in [0.5, 0.6) is 0 Å². The van der Waals surface area contributed by atoms with Crippen LogP contribution in [0.1, 0.15) is 18.2 Å². The molecule has 0 radical (unpaired) electrons. The Balaban J connectivity index is 2.34. The van der Waals surface area contributed by atoms with Gasteiger partial charge in [0.2, 0.25) is 0 Å². The molecule has 0 aliphatic carbocycles. The lowest BCUT2D eigenvalue weighted by Crippen LogP contribution is -2.33. The second kappa shape index (κ2) is 4.44. The molecule has 0 spiro atoms. The molecule has 1 unspecified atom stereocenters. The van der Waals surface area contributed by atoms with Crippen molar-refractivity contribution in [3.05, 3.63) is 32.6 Å². The molecule has 1 saturated heterocycles. The van der Waals surface area contributed by atoms with Crippen molar-refractivity contribution in [2.45, 2.75) is 31.8 Å². The van der Waals surface area contributed by atoms with Gasteiger partial charge in [0.05, 0.1) is 12.2 Å². The molecule has 0 bridgehead atoms. The van der Waals surface area contributed by atoms with Crippen LogP contribution in [0, 0.1) is 6.92 Å². The molecule has 4 N–H and O–H groups in total. The maximum Gasteiger partial charge on any atom is 0.330 e. The topological polar surface area (TPSA) is 110 Å². The number of H-pyrrole nitrogens is 1. The fraction of sp³-hybridized carbons (Fsp3) is 0.600. The zero-order valence-corrected chi connectivity index (χ0v) is 9.42. The minimum Gasteiger partial charge on any atom is -0.390 e. The van der Waals surface area contributed by atoms with Gasteiger partial charge in [0.25, 0.3) is 5.56 Å². The summed E-state index contributed by atoms with van der Waals surface area (Å²) in [6.07, 6.45) is -0.0325. The number of rotatable bonds is 2. The van der Waals surface area contributed by atoms with Crippen molar-refractivity contribution in [3.8, 4) is 0 Å². The number of ether oxygens (including phenoxy) is 1. The molecule has 3 atom stereocenters. The van der Waals surface area contributed by atoms with E-state index in [0.717, 1.165) is 0 Å². The second-order valence-electron chi connectivity index (χ2n) is 4.15. The van der Waals surface area contributed by atoms with Gasteiger partial charge in [0.1, 0.15) is 6.23 Å². The third-order valence-corrected chi connectivity index (χ3v) is 2.89. The lowest BCUT2D eigenvalue weighted by molar-refractivity contribution is -0.0152. The third kappa shape index (κ3) is 2.17. The summed E-state index contributed by atoms with van der Waals surface area (Å²) in [5.41, 5.74) is 4.88. The average Bonchev–Trinajstić information content (AvgIpc) is 2.65. The van der Waals surface area contributed by atoms with Crippen LogP contribution in [-0.2, 0) is 4.74 Å². The van der Waals surface area contributed by atoms with E-state index in [1.165, 1.54) is 10.8 Å². The number of aliphatic hydroxyl groups is 1. The monoisotopic (exact) mass is 241 g/mol. The normalized spacial score (nSPS) is 28.5. The van der Waals surface area contributed by atoms with Crippen molar-refractivity contribution < 1.29 is 9.84 Å². The Morgan fingerprint density at radius 3 is 2.94 bits per heavy atom. The first-order chi connectivity index (χ1) is 8.02. The fourth-order valence-corrected chi connectivity index (χ4v) is 1.90. The van der Waals surface area contributed by atoms with E-state index in [1.54, 1.807) is 6.92 Å². The Hall–Kier alpha value is -1.44. The summed E-state index contributed by atoms with van der Waals surface area (Å²) in [6.45, 7) is 1.79. The molecule has 1 aliphatic heterocycles. The van der Waals surface area contributed by atoms with Crippen LogP contribution >= 0.6 is 0 Å². The van der Waals surface area contributed by atoms with Crippen molar-refractivity contribution in [2.75, 3.05) is 6.54 Å². The first-order valence-corrected chi connectivity index (χ1v) is 5.38. The third-order valence-electron chi connectivity index (χ3n) is 2.89. The Morgan fingerprint density at radius 2 is 2.35 bits per heavy atom. The van der Waals surface area contributed by atoms with Gasteiger partial charge in [-0.05, 0) is 6.92 Å². The number of hydrogen-bond donors (Lipinski definition) is 3. The summed E-state index contributed by atoms with van der Waals surface area (Å²) in [5.74, 6) is 0. The summed E-state index contributed by atoms with van der Waals surface area (Å²) >= 11 is 0. The van der Waals surface area contributed by atoms with E-state index >= 15 is 0 Å². The van der Waals surface area contributed by atoms with Crippen LogP contribution in [0.15, 0.2) is 15.8 Å². The molecule has 1 aromatic rings. The van der Waals surface area contributed by atoms with Crippen molar-refractivity contribution in [2.24, 2.45) is 5.73 Å². The Labute approximate surface area is 96.8 Å². The second-order valence-corrected chi connectivity index (χ2v) is 4.15. The van der Waals surface area contributed by atoms with E-state index in [9.17, 15) is 14.7 Å².